The van der Waals surface area contributed by atoms with Crippen LogP contribution in [-0.2, 0) is 4.74 Å². The normalized spacial score (nSPS) is 12.8. The van der Waals surface area contributed by atoms with E-state index >= 15 is 0 Å². The van der Waals surface area contributed by atoms with Gasteiger partial charge in [-0.1, -0.05) is 35.8 Å². The molecule has 1 aromatic rings. The van der Waals surface area contributed by atoms with Crippen LogP contribution in [-0.4, -0.2) is 31.4 Å². The number of rotatable bonds is 8. The lowest BCUT2D eigenvalue weighted by atomic mass is 10.1. The molecule has 0 amide bonds. The van der Waals surface area contributed by atoms with Gasteiger partial charge in [-0.3, -0.25) is 0 Å². The van der Waals surface area contributed by atoms with Crippen molar-refractivity contribution in [1.29, 1.82) is 0 Å². The Hall–Kier alpha value is -0.580. The topological polar surface area (TPSA) is 32.7 Å². The average molecular weight is 344 g/mol. The number of ether oxygens (including phenoxy) is 1. The maximum absolute atomic E-state index is 9.71. The fourth-order valence-electron chi connectivity index (χ4n) is 2.48. The van der Waals surface area contributed by atoms with Crippen LogP contribution in [0.1, 0.15) is 45.3 Å². The Bertz CT molecular complexity index is 405. The van der Waals surface area contributed by atoms with E-state index in [0.29, 0.717) is 12.6 Å². The number of methoxy groups -OCH3 is 1. The van der Waals surface area contributed by atoms with Crippen molar-refractivity contribution in [3.05, 3.63) is 28.2 Å². The summed E-state index contributed by atoms with van der Waals surface area (Å²) in [4.78, 5) is 2.39. The molecule has 0 aromatic heterocycles. The van der Waals surface area contributed by atoms with Crippen molar-refractivity contribution in [2.24, 2.45) is 0 Å². The van der Waals surface area contributed by atoms with Crippen molar-refractivity contribution in [1.82, 2.24) is 0 Å². The Morgan fingerprint density at radius 1 is 1.30 bits per heavy atom. The van der Waals surface area contributed by atoms with Gasteiger partial charge in [-0.15, -0.1) is 0 Å². The summed E-state index contributed by atoms with van der Waals surface area (Å²) in [6.45, 7) is 7.80. The fourth-order valence-corrected chi connectivity index (χ4v) is 3.17. The van der Waals surface area contributed by atoms with Gasteiger partial charge in [0.15, 0.2) is 0 Å². The third-order valence-electron chi connectivity index (χ3n) is 3.69. The largest absolute Gasteiger partial charge is 0.389 e. The van der Waals surface area contributed by atoms with Gasteiger partial charge in [0.05, 0.1) is 12.7 Å². The molecular formula is C16H26BrNO2. The summed E-state index contributed by atoms with van der Waals surface area (Å²) in [5.74, 6) is 0. The molecule has 4 heteroatoms. The van der Waals surface area contributed by atoms with Crippen molar-refractivity contribution in [3.8, 4) is 0 Å². The van der Waals surface area contributed by atoms with Crippen LogP contribution in [0.3, 0.4) is 0 Å². The van der Waals surface area contributed by atoms with Gasteiger partial charge in [-0.25, -0.2) is 0 Å². The minimum atomic E-state index is -0.459. The third-order valence-corrected chi connectivity index (χ3v) is 4.37. The van der Waals surface area contributed by atoms with Crippen LogP contribution in [0.15, 0.2) is 22.7 Å². The molecule has 0 saturated carbocycles. The van der Waals surface area contributed by atoms with Crippen molar-refractivity contribution in [2.75, 3.05) is 25.2 Å². The van der Waals surface area contributed by atoms with Gasteiger partial charge in [0, 0.05) is 29.9 Å². The fraction of sp³-hybridized carbons (Fsp3) is 0.625. The first-order chi connectivity index (χ1) is 9.54. The Morgan fingerprint density at radius 2 is 1.95 bits per heavy atom. The Balaban J connectivity index is 3.03. The highest BCUT2D eigenvalue weighted by Crippen LogP contribution is 2.30. The standard InChI is InChI=1S/C16H26BrNO2/c1-5-13(6-2)18(9-10-20-4)14-7-8-15(12(3)19)16(17)11-14/h7-8,11-13,19H,5-6,9-10H2,1-4H3/t12-/m1/s1. The van der Waals surface area contributed by atoms with E-state index in [-0.39, 0.29) is 0 Å². The van der Waals surface area contributed by atoms with Gasteiger partial charge < -0.3 is 14.7 Å². The van der Waals surface area contributed by atoms with Crippen molar-refractivity contribution < 1.29 is 9.84 Å². The number of aliphatic hydroxyl groups excluding tert-OH is 1. The van der Waals surface area contributed by atoms with Crippen LogP contribution >= 0.6 is 15.9 Å². The molecule has 114 valence electrons. The van der Waals surface area contributed by atoms with Gasteiger partial charge in [0.25, 0.3) is 0 Å². The summed E-state index contributed by atoms with van der Waals surface area (Å²) >= 11 is 3.56. The lowest BCUT2D eigenvalue weighted by molar-refractivity contribution is 0.198. The lowest BCUT2D eigenvalue weighted by Gasteiger charge is -2.33. The van der Waals surface area contributed by atoms with E-state index in [2.05, 4.69) is 46.8 Å². The molecule has 0 spiro atoms. The van der Waals surface area contributed by atoms with E-state index in [1.54, 1.807) is 14.0 Å². The van der Waals surface area contributed by atoms with E-state index in [9.17, 15) is 5.11 Å². The predicted molar refractivity (Wildman–Crippen MR) is 88.4 cm³/mol. The minimum absolute atomic E-state index is 0.459. The van der Waals surface area contributed by atoms with Gasteiger partial charge in [0.1, 0.15) is 0 Å². The summed E-state index contributed by atoms with van der Waals surface area (Å²) in [6.07, 6.45) is 1.75. The van der Waals surface area contributed by atoms with Crippen LogP contribution in [0.2, 0.25) is 0 Å². The Labute approximate surface area is 131 Å². The number of anilines is 1. The van der Waals surface area contributed by atoms with Crippen LogP contribution in [0.4, 0.5) is 5.69 Å². The quantitative estimate of drug-likeness (QED) is 0.769. The Morgan fingerprint density at radius 3 is 2.40 bits per heavy atom. The molecule has 0 unspecified atom stereocenters. The van der Waals surface area contributed by atoms with Gasteiger partial charge in [-0.05, 0) is 37.5 Å². The summed E-state index contributed by atoms with van der Waals surface area (Å²) in [5, 5.41) is 9.71. The molecule has 0 saturated heterocycles. The minimum Gasteiger partial charge on any atom is -0.389 e. The number of aliphatic hydroxyl groups is 1. The molecule has 0 bridgehead atoms. The highest BCUT2D eigenvalue weighted by atomic mass is 79.9. The van der Waals surface area contributed by atoms with Crippen molar-refractivity contribution in [3.63, 3.8) is 0 Å². The molecule has 0 aliphatic carbocycles. The molecule has 3 nitrogen and oxygen atoms in total. The molecule has 1 aromatic carbocycles. The van der Waals surface area contributed by atoms with E-state index in [0.717, 1.165) is 29.4 Å². The highest BCUT2D eigenvalue weighted by molar-refractivity contribution is 9.10. The molecule has 20 heavy (non-hydrogen) atoms. The summed E-state index contributed by atoms with van der Waals surface area (Å²) in [7, 11) is 1.73. The van der Waals surface area contributed by atoms with Gasteiger partial charge in [-0.2, -0.15) is 0 Å². The van der Waals surface area contributed by atoms with Gasteiger partial charge in [0.2, 0.25) is 0 Å². The van der Waals surface area contributed by atoms with E-state index in [1.165, 1.54) is 5.69 Å². The molecule has 1 N–H and O–H groups in total. The zero-order valence-electron chi connectivity index (χ0n) is 12.9. The molecule has 0 heterocycles. The van der Waals surface area contributed by atoms with Crippen LogP contribution in [0.25, 0.3) is 0 Å². The number of nitrogens with zero attached hydrogens (tertiary/aromatic N) is 1. The smallest absolute Gasteiger partial charge is 0.0772 e. The SMILES string of the molecule is CCC(CC)N(CCOC)c1ccc([C@@H](C)O)c(Br)c1. The number of halogens is 1. The number of hydrogen-bond acceptors (Lipinski definition) is 3. The molecule has 0 aliphatic rings. The highest BCUT2D eigenvalue weighted by Gasteiger charge is 2.17. The first kappa shape index (κ1) is 17.5. The second-order valence-electron chi connectivity index (χ2n) is 5.04. The van der Waals surface area contributed by atoms with E-state index in [4.69, 9.17) is 4.74 Å². The first-order valence-electron chi connectivity index (χ1n) is 7.28. The molecular weight excluding hydrogens is 318 g/mol. The summed E-state index contributed by atoms with van der Waals surface area (Å²) in [6, 6.07) is 6.68. The summed E-state index contributed by atoms with van der Waals surface area (Å²) in [5.41, 5.74) is 2.09. The zero-order chi connectivity index (χ0) is 15.1. The van der Waals surface area contributed by atoms with Crippen LogP contribution in [0, 0.1) is 0 Å². The number of hydrogen-bond donors (Lipinski definition) is 1. The molecule has 1 atom stereocenters. The second kappa shape index (κ2) is 8.65. The maximum Gasteiger partial charge on any atom is 0.0772 e. The monoisotopic (exact) mass is 343 g/mol. The van der Waals surface area contributed by atoms with Gasteiger partial charge >= 0.3 is 0 Å². The molecule has 0 radical (unpaired) electrons. The van der Waals surface area contributed by atoms with E-state index in [1.807, 2.05) is 6.07 Å². The second-order valence-corrected chi connectivity index (χ2v) is 5.89. The third kappa shape index (κ3) is 4.47. The summed E-state index contributed by atoms with van der Waals surface area (Å²) < 4.78 is 6.19. The molecule has 0 aliphatic heterocycles. The first-order valence-corrected chi connectivity index (χ1v) is 8.07. The average Bonchev–Trinajstić information content (AvgIpc) is 2.43. The van der Waals surface area contributed by atoms with E-state index < -0.39 is 6.10 Å². The molecule has 1 rings (SSSR count). The predicted octanol–water partition coefficient (Wildman–Crippen LogP) is 4.14. The van der Waals surface area contributed by atoms with Crippen molar-refractivity contribution >= 4 is 21.6 Å². The van der Waals surface area contributed by atoms with Crippen LogP contribution < -0.4 is 4.90 Å². The Kier molecular flexibility index (Phi) is 7.56. The maximum atomic E-state index is 9.71. The lowest BCUT2D eigenvalue weighted by Crippen LogP contribution is -2.37. The zero-order valence-corrected chi connectivity index (χ0v) is 14.5. The van der Waals surface area contributed by atoms with Crippen molar-refractivity contribution in [2.45, 2.75) is 45.8 Å². The number of benzene rings is 1. The van der Waals surface area contributed by atoms with Crippen LogP contribution in [0.5, 0.6) is 0 Å². The molecule has 0 fully saturated rings.